The average molecular weight is 327 g/mol. The van der Waals surface area contributed by atoms with Gasteiger partial charge in [-0.2, -0.15) is 0 Å². The fourth-order valence-electron chi connectivity index (χ4n) is 2.35. The fourth-order valence-corrected chi connectivity index (χ4v) is 3.34. The molecule has 0 radical (unpaired) electrons. The molecule has 1 fully saturated rings. The third kappa shape index (κ3) is 2.66. The van der Waals surface area contributed by atoms with Crippen molar-refractivity contribution in [1.29, 1.82) is 0 Å². The molecule has 0 spiro atoms. The first kappa shape index (κ1) is 14.1. The van der Waals surface area contributed by atoms with Crippen molar-refractivity contribution in [3.8, 4) is 10.6 Å². The second-order valence-electron chi connectivity index (χ2n) is 4.67. The Bertz CT molecular complexity index is 696. The van der Waals surface area contributed by atoms with Crippen molar-refractivity contribution in [3.05, 3.63) is 28.2 Å². The molecular formula is C13H11ClN2O4S. The van der Waals surface area contributed by atoms with Crippen LogP contribution in [0.2, 0.25) is 4.34 Å². The van der Waals surface area contributed by atoms with Gasteiger partial charge in [0.15, 0.2) is 11.5 Å². The van der Waals surface area contributed by atoms with Crippen LogP contribution in [0.25, 0.3) is 10.6 Å². The predicted molar refractivity (Wildman–Crippen MR) is 76.5 cm³/mol. The number of likely N-dealkylation sites (tertiary alicyclic amines) is 1. The lowest BCUT2D eigenvalue weighted by molar-refractivity contribution is -0.141. The van der Waals surface area contributed by atoms with E-state index < -0.39 is 17.9 Å². The van der Waals surface area contributed by atoms with E-state index in [4.69, 9.17) is 21.2 Å². The minimum Gasteiger partial charge on any atom is -0.480 e. The Morgan fingerprint density at radius 1 is 1.48 bits per heavy atom. The minimum absolute atomic E-state index is 0.114. The van der Waals surface area contributed by atoms with Gasteiger partial charge in [-0.1, -0.05) is 16.8 Å². The highest BCUT2D eigenvalue weighted by atomic mass is 35.5. The third-order valence-corrected chi connectivity index (χ3v) is 4.59. The zero-order valence-electron chi connectivity index (χ0n) is 10.8. The number of hydrogen-bond donors (Lipinski definition) is 1. The second kappa shape index (κ2) is 5.50. The van der Waals surface area contributed by atoms with Crippen LogP contribution in [0.1, 0.15) is 23.3 Å². The van der Waals surface area contributed by atoms with Gasteiger partial charge in [-0.3, -0.25) is 4.79 Å². The molecular weight excluding hydrogens is 316 g/mol. The first-order valence-electron chi connectivity index (χ1n) is 6.32. The zero-order chi connectivity index (χ0) is 15.0. The van der Waals surface area contributed by atoms with Gasteiger partial charge >= 0.3 is 5.97 Å². The number of carbonyl (C=O) groups excluding carboxylic acids is 1. The highest BCUT2D eigenvalue weighted by Gasteiger charge is 2.35. The number of aromatic nitrogens is 1. The standard InChI is InChI=1S/C13H11ClN2O4S/c14-11-4-3-10(21-11)9-6-7(15-20-9)12(17)16-5-1-2-8(16)13(18)19/h3-4,6,8H,1-2,5H2,(H,18,19)/t8-/m1/s1. The van der Waals surface area contributed by atoms with Crippen LogP contribution in [0.15, 0.2) is 22.7 Å². The van der Waals surface area contributed by atoms with E-state index in [0.717, 1.165) is 4.88 Å². The maximum Gasteiger partial charge on any atom is 0.326 e. The van der Waals surface area contributed by atoms with Gasteiger partial charge in [-0.25, -0.2) is 4.79 Å². The van der Waals surface area contributed by atoms with E-state index in [9.17, 15) is 9.59 Å². The summed E-state index contributed by atoms with van der Waals surface area (Å²) in [6, 6.07) is 4.24. The van der Waals surface area contributed by atoms with Crippen molar-refractivity contribution in [2.45, 2.75) is 18.9 Å². The summed E-state index contributed by atoms with van der Waals surface area (Å²) < 4.78 is 5.76. The number of amides is 1. The summed E-state index contributed by atoms with van der Waals surface area (Å²) >= 11 is 7.17. The van der Waals surface area contributed by atoms with Gasteiger partial charge in [-0.05, 0) is 25.0 Å². The molecule has 1 saturated heterocycles. The van der Waals surface area contributed by atoms with Crippen LogP contribution in [-0.2, 0) is 4.79 Å². The Labute approximate surface area is 128 Å². The van der Waals surface area contributed by atoms with E-state index >= 15 is 0 Å². The Hall–Kier alpha value is -1.86. The van der Waals surface area contributed by atoms with Gasteiger partial charge in [0.2, 0.25) is 0 Å². The van der Waals surface area contributed by atoms with E-state index in [1.54, 1.807) is 12.1 Å². The van der Waals surface area contributed by atoms with Crippen LogP contribution >= 0.6 is 22.9 Å². The normalized spacial score (nSPS) is 18.1. The number of nitrogens with zero attached hydrogens (tertiary/aromatic N) is 2. The lowest BCUT2D eigenvalue weighted by atomic mass is 10.2. The Balaban J connectivity index is 1.83. The van der Waals surface area contributed by atoms with E-state index in [0.29, 0.717) is 29.5 Å². The van der Waals surface area contributed by atoms with Crippen LogP contribution in [0.4, 0.5) is 0 Å². The quantitative estimate of drug-likeness (QED) is 0.937. The van der Waals surface area contributed by atoms with Gasteiger partial charge in [0, 0.05) is 12.6 Å². The Kier molecular flexibility index (Phi) is 3.69. The van der Waals surface area contributed by atoms with Crippen molar-refractivity contribution in [2.24, 2.45) is 0 Å². The van der Waals surface area contributed by atoms with Crippen LogP contribution < -0.4 is 0 Å². The number of thiophene rings is 1. The first-order valence-corrected chi connectivity index (χ1v) is 7.52. The number of carbonyl (C=O) groups is 2. The largest absolute Gasteiger partial charge is 0.480 e. The van der Waals surface area contributed by atoms with Gasteiger partial charge in [0.05, 0.1) is 9.21 Å². The van der Waals surface area contributed by atoms with Crippen molar-refractivity contribution in [3.63, 3.8) is 0 Å². The molecule has 0 bridgehead atoms. The molecule has 3 rings (SSSR count). The molecule has 1 aliphatic rings. The van der Waals surface area contributed by atoms with Gasteiger partial charge < -0.3 is 14.5 Å². The molecule has 0 saturated carbocycles. The molecule has 6 nitrogen and oxygen atoms in total. The summed E-state index contributed by atoms with van der Waals surface area (Å²) in [5.74, 6) is -0.964. The van der Waals surface area contributed by atoms with Crippen LogP contribution in [0.3, 0.4) is 0 Å². The molecule has 2 aromatic heterocycles. The lowest BCUT2D eigenvalue weighted by Crippen LogP contribution is -2.40. The van der Waals surface area contributed by atoms with Crippen LogP contribution in [0, 0.1) is 0 Å². The molecule has 0 aromatic carbocycles. The molecule has 0 aliphatic carbocycles. The van der Waals surface area contributed by atoms with Gasteiger partial charge in [0.1, 0.15) is 6.04 Å². The summed E-state index contributed by atoms with van der Waals surface area (Å²) in [6.07, 6.45) is 1.14. The van der Waals surface area contributed by atoms with Gasteiger partial charge in [-0.15, -0.1) is 11.3 Å². The van der Waals surface area contributed by atoms with E-state index in [-0.39, 0.29) is 5.69 Å². The molecule has 3 heterocycles. The molecule has 1 amide bonds. The van der Waals surface area contributed by atoms with E-state index in [2.05, 4.69) is 5.16 Å². The van der Waals surface area contributed by atoms with Crippen molar-refractivity contribution in [1.82, 2.24) is 10.1 Å². The maximum absolute atomic E-state index is 12.3. The number of halogens is 1. The molecule has 1 atom stereocenters. The lowest BCUT2D eigenvalue weighted by Gasteiger charge is -2.19. The van der Waals surface area contributed by atoms with Crippen molar-refractivity contribution in [2.75, 3.05) is 6.54 Å². The molecule has 21 heavy (non-hydrogen) atoms. The molecule has 1 N–H and O–H groups in total. The molecule has 8 heteroatoms. The number of carboxylic acids is 1. The maximum atomic E-state index is 12.3. The molecule has 2 aromatic rings. The van der Waals surface area contributed by atoms with Crippen molar-refractivity contribution >= 4 is 34.8 Å². The van der Waals surface area contributed by atoms with E-state index in [1.807, 2.05) is 0 Å². The number of aliphatic carboxylic acids is 1. The summed E-state index contributed by atoms with van der Waals surface area (Å²) in [5.41, 5.74) is 0.114. The second-order valence-corrected chi connectivity index (χ2v) is 6.39. The number of rotatable bonds is 3. The van der Waals surface area contributed by atoms with Crippen LogP contribution in [0.5, 0.6) is 0 Å². The summed E-state index contributed by atoms with van der Waals surface area (Å²) in [7, 11) is 0. The van der Waals surface area contributed by atoms with Crippen LogP contribution in [-0.4, -0.2) is 39.6 Å². The molecule has 0 unspecified atom stereocenters. The van der Waals surface area contributed by atoms with Crippen molar-refractivity contribution < 1.29 is 19.2 Å². The minimum atomic E-state index is -0.991. The average Bonchev–Trinajstić information content (AvgIpc) is 3.17. The highest BCUT2D eigenvalue weighted by Crippen LogP contribution is 2.31. The molecule has 110 valence electrons. The zero-order valence-corrected chi connectivity index (χ0v) is 12.4. The number of carboxylic acid groups (broad SMARTS) is 1. The van der Waals surface area contributed by atoms with E-state index in [1.165, 1.54) is 22.3 Å². The topological polar surface area (TPSA) is 83.6 Å². The smallest absolute Gasteiger partial charge is 0.326 e. The predicted octanol–water partition coefficient (Wildman–Crippen LogP) is 2.75. The molecule has 1 aliphatic heterocycles. The summed E-state index contributed by atoms with van der Waals surface area (Å²) in [4.78, 5) is 25.5. The third-order valence-electron chi connectivity index (χ3n) is 3.34. The SMILES string of the molecule is O=C(O)[C@H]1CCCN1C(=O)c1cc(-c2ccc(Cl)s2)on1. The Morgan fingerprint density at radius 3 is 2.95 bits per heavy atom. The summed E-state index contributed by atoms with van der Waals surface area (Å²) in [5, 5.41) is 12.9. The van der Waals surface area contributed by atoms with Gasteiger partial charge in [0.25, 0.3) is 5.91 Å². The highest BCUT2D eigenvalue weighted by molar-refractivity contribution is 7.19. The monoisotopic (exact) mass is 326 g/mol. The first-order chi connectivity index (χ1) is 10.1. The fraction of sp³-hybridized carbons (Fsp3) is 0.308. The Morgan fingerprint density at radius 2 is 2.29 bits per heavy atom. The summed E-state index contributed by atoms with van der Waals surface area (Å²) in [6.45, 7) is 0.419. The number of hydrogen-bond acceptors (Lipinski definition) is 5.